The van der Waals surface area contributed by atoms with Crippen LogP contribution in [0.4, 0.5) is 4.79 Å². The maximum Gasteiger partial charge on any atom is 0.410 e. The maximum absolute atomic E-state index is 13.1. The minimum atomic E-state index is -0.243. The van der Waals surface area contributed by atoms with E-state index < -0.39 is 0 Å². The molecule has 0 spiro atoms. The molecule has 3 heterocycles. The summed E-state index contributed by atoms with van der Waals surface area (Å²) in [7, 11) is 0. The fourth-order valence-electron chi connectivity index (χ4n) is 8.45. The third-order valence-electron chi connectivity index (χ3n) is 10.1. The number of piperazine rings is 1. The first-order chi connectivity index (χ1) is 17.7. The van der Waals surface area contributed by atoms with Crippen LogP contribution >= 0.6 is 0 Å². The molecule has 0 aromatic rings. The van der Waals surface area contributed by atoms with Gasteiger partial charge >= 0.3 is 6.09 Å². The molecule has 7 atom stereocenters. The van der Waals surface area contributed by atoms with E-state index in [2.05, 4.69) is 10.6 Å². The Morgan fingerprint density at radius 2 is 1.51 bits per heavy atom. The molecular weight excluding hydrogens is 468 g/mol. The molecule has 4 unspecified atom stereocenters. The summed E-state index contributed by atoms with van der Waals surface area (Å²) in [6.45, 7) is 8.00. The Morgan fingerprint density at radius 3 is 2.14 bits per heavy atom. The van der Waals surface area contributed by atoms with Crippen LogP contribution in [0.15, 0.2) is 0 Å². The van der Waals surface area contributed by atoms with E-state index in [0.717, 1.165) is 57.8 Å². The van der Waals surface area contributed by atoms with Crippen molar-refractivity contribution in [2.24, 2.45) is 17.8 Å². The Balaban J connectivity index is 1.17. The molecule has 0 radical (unpaired) electrons. The fraction of sp³-hybridized carbons (Fsp3) is 0.897. The molecule has 2 aliphatic carbocycles. The predicted molar refractivity (Wildman–Crippen MR) is 142 cm³/mol. The first-order valence-corrected chi connectivity index (χ1v) is 15.0. The largest absolute Gasteiger partial charge is 0.447 e. The lowest BCUT2D eigenvalue weighted by Gasteiger charge is -2.54. The summed E-state index contributed by atoms with van der Waals surface area (Å²) in [5.41, 5.74) is 0. The zero-order chi connectivity index (χ0) is 26.3. The third-order valence-corrected chi connectivity index (χ3v) is 10.1. The molecule has 5 fully saturated rings. The van der Waals surface area contributed by atoms with Crippen LogP contribution in [-0.2, 0) is 14.3 Å². The van der Waals surface area contributed by atoms with E-state index in [1.807, 2.05) is 30.6 Å². The predicted octanol–water partition coefficient (Wildman–Crippen LogP) is 3.83. The Hall–Kier alpha value is -1.83. The molecule has 5 rings (SSSR count). The number of rotatable bonds is 4. The van der Waals surface area contributed by atoms with Crippen molar-refractivity contribution in [3.63, 3.8) is 0 Å². The van der Waals surface area contributed by atoms with Crippen LogP contribution in [0.1, 0.15) is 98.3 Å². The van der Waals surface area contributed by atoms with Crippen molar-refractivity contribution in [3.05, 3.63) is 0 Å². The highest BCUT2D eigenvalue weighted by Crippen LogP contribution is 2.44. The van der Waals surface area contributed by atoms with Gasteiger partial charge in [0.25, 0.3) is 0 Å². The number of ether oxygens (including phenoxy) is 1. The SMILES string of the molecule is CC(=O)N1C2CCC(C3CCC(C(=O)NC4C[C@H]5CC[C@@H](C4)N5)CC3)CC2N(C(=O)OC(C)C)C[C@@H]1C. The lowest BCUT2D eigenvalue weighted by molar-refractivity contribution is -0.142. The van der Waals surface area contributed by atoms with Crippen LogP contribution in [0, 0.1) is 17.8 Å². The van der Waals surface area contributed by atoms with Crippen LogP contribution in [-0.4, -0.2) is 76.6 Å². The Labute approximate surface area is 222 Å². The molecule has 2 N–H and O–H groups in total. The number of carbonyl (C=O) groups excluding carboxylic acids is 3. The molecule has 2 saturated carbocycles. The number of carbonyl (C=O) groups is 3. The highest BCUT2D eigenvalue weighted by atomic mass is 16.6. The zero-order valence-corrected chi connectivity index (χ0v) is 23.3. The van der Waals surface area contributed by atoms with E-state index in [1.54, 1.807) is 6.92 Å². The van der Waals surface area contributed by atoms with Crippen LogP contribution in [0.25, 0.3) is 0 Å². The first-order valence-electron chi connectivity index (χ1n) is 15.0. The fourth-order valence-corrected chi connectivity index (χ4v) is 8.45. The molecule has 37 heavy (non-hydrogen) atoms. The lowest BCUT2D eigenvalue weighted by atomic mass is 9.68. The van der Waals surface area contributed by atoms with Crippen molar-refractivity contribution in [3.8, 4) is 0 Å². The van der Waals surface area contributed by atoms with Crippen LogP contribution in [0.5, 0.6) is 0 Å². The van der Waals surface area contributed by atoms with Crippen LogP contribution in [0.2, 0.25) is 0 Å². The molecular formula is C29H48N4O4. The highest BCUT2D eigenvalue weighted by molar-refractivity contribution is 5.79. The van der Waals surface area contributed by atoms with E-state index in [1.165, 1.54) is 12.8 Å². The van der Waals surface area contributed by atoms with Gasteiger partial charge in [-0.25, -0.2) is 4.79 Å². The molecule has 0 aromatic heterocycles. The summed E-state index contributed by atoms with van der Waals surface area (Å²) >= 11 is 0. The topological polar surface area (TPSA) is 91.0 Å². The van der Waals surface area contributed by atoms with Gasteiger partial charge in [0.2, 0.25) is 11.8 Å². The van der Waals surface area contributed by atoms with E-state index in [0.29, 0.717) is 36.5 Å². The Bertz CT molecular complexity index is 845. The number of fused-ring (bicyclic) bond motifs is 3. The van der Waals surface area contributed by atoms with Gasteiger partial charge in [-0.15, -0.1) is 0 Å². The smallest absolute Gasteiger partial charge is 0.410 e. The van der Waals surface area contributed by atoms with Gasteiger partial charge in [0, 0.05) is 43.6 Å². The molecule has 0 aromatic carbocycles. The molecule has 2 bridgehead atoms. The standard InChI is InChI=1S/C29H48N4O4/c1-17(2)37-29(36)32-16-18(3)33(19(4)34)26-12-9-22(13-27(26)32)20-5-7-21(8-6-20)28(35)31-25-14-23-10-11-24(15-25)30-23/h17-18,20-27,30H,5-16H2,1-4H3,(H,31,35)/t18-,20?,21?,22?,23-,24+,25?,26?,27?/m0/s1. The van der Waals surface area contributed by atoms with Gasteiger partial charge in [-0.1, -0.05) is 0 Å². The van der Waals surface area contributed by atoms with Crippen LogP contribution in [0.3, 0.4) is 0 Å². The summed E-state index contributed by atoms with van der Waals surface area (Å²) in [6, 6.07) is 1.61. The molecule has 5 aliphatic rings. The quantitative estimate of drug-likeness (QED) is 0.593. The number of hydrogen-bond acceptors (Lipinski definition) is 5. The lowest BCUT2D eigenvalue weighted by Crippen LogP contribution is -2.67. The van der Waals surface area contributed by atoms with Gasteiger partial charge in [0.05, 0.1) is 18.2 Å². The normalized spacial score (nSPS) is 39.8. The first kappa shape index (κ1) is 26.8. The summed E-state index contributed by atoms with van der Waals surface area (Å²) in [5, 5.41) is 7.06. The second-order valence-electron chi connectivity index (χ2n) is 13.0. The van der Waals surface area contributed by atoms with Crippen LogP contribution < -0.4 is 10.6 Å². The summed E-state index contributed by atoms with van der Waals surface area (Å²) < 4.78 is 5.62. The van der Waals surface area contributed by atoms with Crippen molar-refractivity contribution < 1.29 is 19.1 Å². The monoisotopic (exact) mass is 516 g/mol. The van der Waals surface area contributed by atoms with E-state index in [-0.39, 0.29) is 48.1 Å². The van der Waals surface area contributed by atoms with Gasteiger partial charge in [-0.2, -0.15) is 0 Å². The third kappa shape index (κ3) is 5.79. The average molecular weight is 517 g/mol. The maximum atomic E-state index is 13.1. The summed E-state index contributed by atoms with van der Waals surface area (Å²) in [5.74, 6) is 1.64. The zero-order valence-electron chi connectivity index (χ0n) is 23.3. The Kier molecular flexibility index (Phi) is 8.04. The second kappa shape index (κ2) is 11.1. The van der Waals surface area contributed by atoms with Crippen molar-refractivity contribution in [1.29, 1.82) is 0 Å². The number of nitrogens with one attached hydrogen (secondary N) is 2. The van der Waals surface area contributed by atoms with Crippen molar-refractivity contribution in [2.45, 2.75) is 141 Å². The average Bonchev–Trinajstić information content (AvgIpc) is 3.20. The Morgan fingerprint density at radius 1 is 0.865 bits per heavy atom. The second-order valence-corrected chi connectivity index (χ2v) is 13.0. The number of amides is 3. The van der Waals surface area contributed by atoms with E-state index in [9.17, 15) is 14.4 Å². The molecule has 8 nitrogen and oxygen atoms in total. The van der Waals surface area contributed by atoms with Crippen molar-refractivity contribution >= 4 is 17.9 Å². The van der Waals surface area contributed by atoms with Gasteiger partial charge in [0.1, 0.15) is 0 Å². The number of hydrogen-bond donors (Lipinski definition) is 2. The minimum absolute atomic E-state index is 0.000831. The number of nitrogens with zero attached hydrogens (tertiary/aromatic N) is 2. The number of piperidine rings is 1. The van der Waals surface area contributed by atoms with Gasteiger partial charge in [-0.3, -0.25) is 9.59 Å². The van der Waals surface area contributed by atoms with Crippen molar-refractivity contribution in [1.82, 2.24) is 20.4 Å². The highest BCUT2D eigenvalue weighted by Gasteiger charge is 2.48. The molecule has 8 heteroatoms. The minimum Gasteiger partial charge on any atom is -0.447 e. The summed E-state index contributed by atoms with van der Waals surface area (Å²) in [6.07, 6.45) is 11.3. The van der Waals surface area contributed by atoms with Gasteiger partial charge in [0.15, 0.2) is 0 Å². The van der Waals surface area contributed by atoms with Gasteiger partial charge < -0.3 is 25.2 Å². The van der Waals surface area contributed by atoms with E-state index >= 15 is 0 Å². The molecule has 208 valence electrons. The molecule has 3 amide bonds. The molecule has 3 saturated heterocycles. The van der Waals surface area contributed by atoms with Crippen molar-refractivity contribution in [2.75, 3.05) is 6.54 Å². The van der Waals surface area contributed by atoms with E-state index in [4.69, 9.17) is 4.74 Å². The van der Waals surface area contributed by atoms with Gasteiger partial charge in [-0.05, 0) is 103 Å². The summed E-state index contributed by atoms with van der Waals surface area (Å²) in [4.78, 5) is 42.6. The molecule has 3 aliphatic heterocycles.